The second kappa shape index (κ2) is 6.60. The van der Waals surface area contributed by atoms with Crippen molar-refractivity contribution in [1.82, 2.24) is 0 Å². The molecule has 0 aromatic heterocycles. The van der Waals surface area contributed by atoms with Crippen molar-refractivity contribution in [1.29, 1.82) is 0 Å². The van der Waals surface area contributed by atoms with Crippen LogP contribution in [0.3, 0.4) is 0 Å². The number of ether oxygens (including phenoxy) is 2. The molecule has 0 radical (unpaired) electrons. The van der Waals surface area contributed by atoms with E-state index in [1.54, 1.807) is 0 Å². The smallest absolute Gasteiger partial charge is 0.342 e. The molecule has 2 aromatic carbocycles. The zero-order valence-electron chi connectivity index (χ0n) is 12.2. The number of carboxylic acid groups (broad SMARTS) is 1. The van der Waals surface area contributed by atoms with Gasteiger partial charge in [-0.15, -0.1) is 0 Å². The van der Waals surface area contributed by atoms with Crippen LogP contribution in [-0.4, -0.2) is 28.0 Å². The molecule has 10 nitrogen and oxygen atoms in total. The van der Waals surface area contributed by atoms with Crippen LogP contribution in [0.4, 0.5) is 11.4 Å². The highest BCUT2D eigenvalue weighted by molar-refractivity contribution is 5.93. The number of hydrogen-bond acceptors (Lipinski definition) is 7. The Kier molecular flexibility index (Phi) is 4.59. The highest BCUT2D eigenvalue weighted by Crippen LogP contribution is 2.37. The van der Waals surface area contributed by atoms with E-state index in [0.717, 1.165) is 6.07 Å². The Morgan fingerprint density at radius 3 is 2.00 bits per heavy atom. The lowest BCUT2D eigenvalue weighted by atomic mass is 10.1. The van der Waals surface area contributed by atoms with Gasteiger partial charge in [0.2, 0.25) is 5.75 Å². The number of rotatable bonds is 6. The van der Waals surface area contributed by atoms with Crippen molar-refractivity contribution in [2.75, 3.05) is 7.11 Å². The van der Waals surface area contributed by atoms with Crippen LogP contribution in [0.25, 0.3) is 0 Å². The third kappa shape index (κ3) is 3.38. The van der Waals surface area contributed by atoms with E-state index in [9.17, 15) is 25.0 Å². The zero-order chi connectivity index (χ0) is 17.9. The normalized spacial score (nSPS) is 10.0. The average molecular weight is 334 g/mol. The maximum atomic E-state index is 11.1. The van der Waals surface area contributed by atoms with Crippen LogP contribution >= 0.6 is 0 Å². The van der Waals surface area contributed by atoms with Gasteiger partial charge < -0.3 is 14.6 Å². The molecule has 0 aliphatic rings. The van der Waals surface area contributed by atoms with E-state index in [0.29, 0.717) is 11.8 Å². The molecule has 10 heteroatoms. The Hall–Kier alpha value is -3.69. The van der Waals surface area contributed by atoms with Crippen molar-refractivity contribution in [2.45, 2.75) is 0 Å². The Bertz CT molecular complexity index is 816. The summed E-state index contributed by atoms with van der Waals surface area (Å²) in [5.74, 6) is -1.33. The van der Waals surface area contributed by atoms with Crippen molar-refractivity contribution < 1.29 is 29.2 Å². The Balaban J connectivity index is 2.53. The van der Waals surface area contributed by atoms with Gasteiger partial charge in [-0.25, -0.2) is 4.79 Å². The zero-order valence-corrected chi connectivity index (χ0v) is 12.2. The SMILES string of the molecule is COc1ccc(Oc2cc(C(=O)O)c([N+](=O)[O-])cc2[N+](=O)[O-])cc1. The maximum absolute atomic E-state index is 11.1. The van der Waals surface area contributed by atoms with Gasteiger partial charge in [-0.2, -0.15) is 0 Å². The molecular formula is C14H10N2O8. The van der Waals surface area contributed by atoms with Gasteiger partial charge in [0.1, 0.15) is 17.1 Å². The molecule has 0 saturated carbocycles. The molecule has 1 N–H and O–H groups in total. The van der Waals surface area contributed by atoms with Crippen molar-refractivity contribution in [2.24, 2.45) is 0 Å². The number of carboxylic acids is 1. The first-order valence-corrected chi connectivity index (χ1v) is 6.35. The Morgan fingerprint density at radius 2 is 1.54 bits per heavy atom. The van der Waals surface area contributed by atoms with Crippen LogP contribution in [0.1, 0.15) is 10.4 Å². The molecule has 24 heavy (non-hydrogen) atoms. The molecule has 0 atom stereocenters. The van der Waals surface area contributed by atoms with E-state index in [1.807, 2.05) is 0 Å². The van der Waals surface area contributed by atoms with E-state index in [4.69, 9.17) is 14.6 Å². The van der Waals surface area contributed by atoms with Crippen molar-refractivity contribution in [3.63, 3.8) is 0 Å². The van der Waals surface area contributed by atoms with Crippen molar-refractivity contribution in [3.8, 4) is 17.2 Å². The van der Waals surface area contributed by atoms with Crippen molar-refractivity contribution in [3.05, 3.63) is 62.2 Å². The third-order valence-corrected chi connectivity index (χ3v) is 2.99. The van der Waals surface area contributed by atoms with Gasteiger partial charge in [0, 0.05) is 6.07 Å². The first kappa shape index (κ1) is 16.7. The summed E-state index contributed by atoms with van der Waals surface area (Å²) in [7, 11) is 1.45. The summed E-state index contributed by atoms with van der Waals surface area (Å²) in [6.45, 7) is 0. The molecule has 2 rings (SSSR count). The highest BCUT2D eigenvalue weighted by Gasteiger charge is 2.29. The summed E-state index contributed by atoms with van der Waals surface area (Å²) in [6.07, 6.45) is 0. The van der Waals surface area contributed by atoms with Crippen molar-refractivity contribution >= 4 is 17.3 Å². The number of aromatic carboxylic acids is 1. The number of nitro groups is 2. The fraction of sp³-hybridized carbons (Fsp3) is 0.0714. The van der Waals surface area contributed by atoms with Gasteiger partial charge in [0.05, 0.1) is 23.0 Å². The first-order valence-electron chi connectivity index (χ1n) is 6.35. The molecule has 0 spiro atoms. The van der Waals surface area contributed by atoms with Crippen LogP contribution in [0.5, 0.6) is 17.2 Å². The van der Waals surface area contributed by atoms with Gasteiger partial charge in [-0.1, -0.05) is 0 Å². The molecule has 0 unspecified atom stereocenters. The second-order valence-corrected chi connectivity index (χ2v) is 4.43. The van der Waals surface area contributed by atoms with Crippen LogP contribution in [0, 0.1) is 20.2 Å². The third-order valence-electron chi connectivity index (χ3n) is 2.99. The minimum atomic E-state index is -1.60. The number of methoxy groups -OCH3 is 1. The molecule has 0 heterocycles. The number of carbonyl (C=O) groups is 1. The van der Waals surface area contributed by atoms with Crippen LogP contribution < -0.4 is 9.47 Å². The summed E-state index contributed by atoms with van der Waals surface area (Å²) in [5.41, 5.74) is -2.33. The number of nitro benzene ring substituents is 2. The topological polar surface area (TPSA) is 142 Å². The van der Waals surface area contributed by atoms with E-state index in [-0.39, 0.29) is 5.75 Å². The summed E-state index contributed by atoms with van der Waals surface area (Å²) in [6, 6.07) is 7.27. The molecule has 0 bridgehead atoms. The maximum Gasteiger partial charge on any atom is 0.342 e. The van der Waals surface area contributed by atoms with Crippen LogP contribution in [0.2, 0.25) is 0 Å². The predicted molar refractivity (Wildman–Crippen MR) is 79.8 cm³/mol. The molecule has 0 saturated heterocycles. The van der Waals surface area contributed by atoms with E-state index < -0.39 is 38.5 Å². The standard InChI is InChI=1S/C14H10N2O8/c1-23-8-2-4-9(5-3-8)24-13-6-10(14(17)18)11(15(19)20)7-12(13)16(21)22/h2-7H,1H3,(H,17,18). The first-order chi connectivity index (χ1) is 11.3. The fourth-order valence-corrected chi connectivity index (χ4v) is 1.87. The van der Waals surface area contributed by atoms with Gasteiger partial charge in [-0.05, 0) is 24.3 Å². The molecule has 0 fully saturated rings. The number of benzene rings is 2. The van der Waals surface area contributed by atoms with Gasteiger partial charge in [-0.3, -0.25) is 20.2 Å². The molecule has 2 aromatic rings. The van der Waals surface area contributed by atoms with Gasteiger partial charge in [0.15, 0.2) is 0 Å². The molecular weight excluding hydrogens is 324 g/mol. The quantitative estimate of drug-likeness (QED) is 0.627. The van der Waals surface area contributed by atoms with Gasteiger partial charge >= 0.3 is 11.7 Å². The molecule has 0 aliphatic heterocycles. The second-order valence-electron chi connectivity index (χ2n) is 4.43. The van der Waals surface area contributed by atoms with E-state index >= 15 is 0 Å². The highest BCUT2D eigenvalue weighted by atomic mass is 16.6. The van der Waals surface area contributed by atoms with Crippen LogP contribution in [0.15, 0.2) is 36.4 Å². The van der Waals surface area contributed by atoms with Crippen LogP contribution in [-0.2, 0) is 0 Å². The monoisotopic (exact) mass is 334 g/mol. The number of hydrogen-bond donors (Lipinski definition) is 1. The minimum absolute atomic E-state index is 0.170. The lowest BCUT2D eigenvalue weighted by Crippen LogP contribution is -2.05. The van der Waals surface area contributed by atoms with Gasteiger partial charge in [0.25, 0.3) is 5.69 Å². The molecule has 0 aliphatic carbocycles. The number of nitrogens with zero attached hydrogens (tertiary/aromatic N) is 2. The lowest BCUT2D eigenvalue weighted by Gasteiger charge is -2.08. The van der Waals surface area contributed by atoms with E-state index in [2.05, 4.69) is 0 Å². The molecule has 124 valence electrons. The Labute approximate surface area is 134 Å². The summed E-state index contributed by atoms with van der Waals surface area (Å²) in [5, 5.41) is 31.1. The average Bonchev–Trinajstić information content (AvgIpc) is 2.54. The minimum Gasteiger partial charge on any atom is -0.497 e. The van der Waals surface area contributed by atoms with E-state index in [1.165, 1.54) is 31.4 Å². The predicted octanol–water partition coefficient (Wildman–Crippen LogP) is 3.00. The summed E-state index contributed by atoms with van der Waals surface area (Å²) < 4.78 is 10.3. The molecule has 0 amide bonds. The lowest BCUT2D eigenvalue weighted by molar-refractivity contribution is -0.394. The fourth-order valence-electron chi connectivity index (χ4n) is 1.87. The summed E-state index contributed by atoms with van der Waals surface area (Å²) in [4.78, 5) is 31.3. The summed E-state index contributed by atoms with van der Waals surface area (Å²) >= 11 is 0. The largest absolute Gasteiger partial charge is 0.497 e. The Morgan fingerprint density at radius 1 is 1.00 bits per heavy atom.